The predicted octanol–water partition coefficient (Wildman–Crippen LogP) is 5.76. The molecule has 0 aliphatic heterocycles. The summed E-state index contributed by atoms with van der Waals surface area (Å²) >= 11 is 0. The maximum absolute atomic E-state index is 11.9. The number of benzene rings is 2. The van der Waals surface area contributed by atoms with Gasteiger partial charge in [-0.25, -0.2) is 9.78 Å². The molecule has 0 saturated heterocycles. The summed E-state index contributed by atoms with van der Waals surface area (Å²) in [5, 5.41) is 0. The van der Waals surface area contributed by atoms with Gasteiger partial charge in [-0.1, -0.05) is 0 Å². The monoisotopic (exact) mass is 417 g/mol. The van der Waals surface area contributed by atoms with Crippen LogP contribution in [-0.4, -0.2) is 25.2 Å². The van der Waals surface area contributed by atoms with Gasteiger partial charge in [0.2, 0.25) is 5.89 Å². The first kappa shape index (κ1) is 18.9. The standard InChI is InChI=1S/C26H27NO4/c1-29-22-6-4-18(24-27-21-5-3-19(25(28)30-2)11-23(21)31-24)10-20(22)26-12-15-7-16(13-26)9-17(8-15)14-26/h3-6,10-11,15-17H,7-9,12-14H2,1-2H3. The number of methoxy groups -OCH3 is 2. The lowest BCUT2D eigenvalue weighted by Gasteiger charge is -2.57. The predicted molar refractivity (Wildman–Crippen MR) is 117 cm³/mol. The van der Waals surface area contributed by atoms with Crippen LogP contribution in [0.4, 0.5) is 0 Å². The molecule has 4 bridgehead atoms. The van der Waals surface area contributed by atoms with Crippen LogP contribution in [-0.2, 0) is 10.2 Å². The average Bonchev–Trinajstić information content (AvgIpc) is 3.20. The molecule has 5 nitrogen and oxygen atoms in total. The van der Waals surface area contributed by atoms with Gasteiger partial charge in [0.05, 0.1) is 19.8 Å². The van der Waals surface area contributed by atoms with Gasteiger partial charge in [-0.2, -0.15) is 0 Å². The number of nitrogens with zero attached hydrogens (tertiary/aromatic N) is 1. The molecule has 3 aromatic rings. The van der Waals surface area contributed by atoms with Crippen molar-refractivity contribution in [1.29, 1.82) is 0 Å². The first-order valence-electron chi connectivity index (χ1n) is 11.2. The molecular weight excluding hydrogens is 390 g/mol. The van der Waals surface area contributed by atoms with Crippen LogP contribution in [0.25, 0.3) is 22.6 Å². The van der Waals surface area contributed by atoms with E-state index in [4.69, 9.17) is 18.9 Å². The lowest BCUT2D eigenvalue weighted by atomic mass is 9.48. The van der Waals surface area contributed by atoms with Crippen LogP contribution >= 0.6 is 0 Å². The van der Waals surface area contributed by atoms with E-state index in [9.17, 15) is 4.79 Å². The number of hydrogen-bond donors (Lipinski definition) is 0. The molecule has 7 rings (SSSR count). The molecule has 31 heavy (non-hydrogen) atoms. The minimum Gasteiger partial charge on any atom is -0.496 e. The van der Waals surface area contributed by atoms with Gasteiger partial charge in [0.1, 0.15) is 11.3 Å². The second-order valence-corrected chi connectivity index (χ2v) is 9.81. The zero-order valence-electron chi connectivity index (χ0n) is 18.0. The minimum absolute atomic E-state index is 0.222. The highest BCUT2D eigenvalue weighted by Gasteiger charge is 2.52. The zero-order chi connectivity index (χ0) is 21.2. The van der Waals surface area contributed by atoms with Gasteiger partial charge < -0.3 is 13.9 Å². The van der Waals surface area contributed by atoms with E-state index >= 15 is 0 Å². The molecule has 0 amide bonds. The Balaban J connectivity index is 1.42. The van der Waals surface area contributed by atoms with E-state index in [0.717, 1.165) is 34.6 Å². The third kappa shape index (κ3) is 2.97. The second kappa shape index (κ2) is 6.84. The van der Waals surface area contributed by atoms with Gasteiger partial charge in [0.25, 0.3) is 0 Å². The van der Waals surface area contributed by atoms with Crippen LogP contribution < -0.4 is 4.74 Å². The highest BCUT2D eigenvalue weighted by molar-refractivity contribution is 5.93. The van der Waals surface area contributed by atoms with Crippen molar-refractivity contribution < 1.29 is 18.7 Å². The fourth-order valence-corrected chi connectivity index (χ4v) is 6.99. The molecule has 0 unspecified atom stereocenters. The summed E-state index contributed by atoms with van der Waals surface area (Å²) in [4.78, 5) is 16.5. The van der Waals surface area contributed by atoms with Crippen molar-refractivity contribution in [3.05, 3.63) is 47.5 Å². The Hall–Kier alpha value is -2.82. The van der Waals surface area contributed by atoms with Crippen molar-refractivity contribution in [2.45, 2.75) is 43.9 Å². The number of fused-ring (bicyclic) bond motifs is 1. The number of oxazole rings is 1. The van der Waals surface area contributed by atoms with E-state index in [1.54, 1.807) is 25.3 Å². The average molecular weight is 418 g/mol. The van der Waals surface area contributed by atoms with E-state index in [2.05, 4.69) is 12.1 Å². The Bertz CT molecular complexity index is 1140. The van der Waals surface area contributed by atoms with Gasteiger partial charge >= 0.3 is 5.97 Å². The van der Waals surface area contributed by atoms with Crippen LogP contribution in [0.5, 0.6) is 5.75 Å². The summed E-state index contributed by atoms with van der Waals surface area (Å²) in [6.45, 7) is 0. The number of rotatable bonds is 4. The quantitative estimate of drug-likeness (QED) is 0.505. The van der Waals surface area contributed by atoms with Gasteiger partial charge in [-0.3, -0.25) is 0 Å². The fourth-order valence-electron chi connectivity index (χ4n) is 6.99. The maximum atomic E-state index is 11.9. The Morgan fingerprint density at radius 3 is 2.35 bits per heavy atom. The van der Waals surface area contributed by atoms with E-state index in [0.29, 0.717) is 17.0 Å². The summed E-state index contributed by atoms with van der Waals surface area (Å²) in [7, 11) is 3.15. The molecule has 4 aliphatic carbocycles. The summed E-state index contributed by atoms with van der Waals surface area (Å²) in [5.41, 5.74) is 4.29. The first-order valence-corrected chi connectivity index (χ1v) is 11.2. The van der Waals surface area contributed by atoms with Crippen LogP contribution in [0.2, 0.25) is 0 Å². The van der Waals surface area contributed by atoms with Gasteiger partial charge in [0, 0.05) is 11.1 Å². The van der Waals surface area contributed by atoms with Gasteiger partial charge in [-0.15, -0.1) is 0 Å². The summed E-state index contributed by atoms with van der Waals surface area (Å²) in [6, 6.07) is 11.6. The van der Waals surface area contributed by atoms with Gasteiger partial charge in [0.15, 0.2) is 5.58 Å². The van der Waals surface area contributed by atoms with Crippen molar-refractivity contribution >= 4 is 17.1 Å². The summed E-state index contributed by atoms with van der Waals surface area (Å²) < 4.78 is 16.7. The summed E-state index contributed by atoms with van der Waals surface area (Å²) in [5.74, 6) is 3.76. The lowest BCUT2D eigenvalue weighted by molar-refractivity contribution is -0.00613. The highest BCUT2D eigenvalue weighted by Crippen LogP contribution is 2.62. The Labute approximate surface area is 181 Å². The zero-order valence-corrected chi connectivity index (χ0v) is 18.0. The van der Waals surface area contributed by atoms with Crippen molar-refractivity contribution in [2.24, 2.45) is 17.8 Å². The molecule has 5 heteroatoms. The lowest BCUT2D eigenvalue weighted by Crippen LogP contribution is -2.48. The molecule has 2 aromatic carbocycles. The number of aromatic nitrogens is 1. The first-order chi connectivity index (χ1) is 15.1. The second-order valence-electron chi connectivity index (χ2n) is 9.81. The molecule has 0 spiro atoms. The van der Waals surface area contributed by atoms with Crippen molar-refractivity contribution in [3.63, 3.8) is 0 Å². The normalized spacial score (nSPS) is 28.8. The Kier molecular flexibility index (Phi) is 4.17. The van der Waals surface area contributed by atoms with Crippen LogP contribution in [0.3, 0.4) is 0 Å². The van der Waals surface area contributed by atoms with Crippen LogP contribution in [0.15, 0.2) is 40.8 Å². The molecule has 4 saturated carbocycles. The number of esters is 1. The number of carbonyl (C=O) groups excluding carboxylic acids is 1. The molecule has 0 N–H and O–H groups in total. The molecule has 4 aliphatic rings. The van der Waals surface area contributed by atoms with E-state index < -0.39 is 0 Å². The highest BCUT2D eigenvalue weighted by atomic mass is 16.5. The SMILES string of the molecule is COC(=O)c1ccc2nc(-c3ccc(OC)c(C45CC6CC(CC(C6)C4)C5)c3)oc2c1. The van der Waals surface area contributed by atoms with Crippen LogP contribution in [0.1, 0.15) is 54.4 Å². The maximum Gasteiger partial charge on any atom is 0.337 e. The van der Waals surface area contributed by atoms with Crippen molar-refractivity contribution in [1.82, 2.24) is 4.98 Å². The van der Waals surface area contributed by atoms with E-state index in [1.165, 1.54) is 51.2 Å². The van der Waals surface area contributed by atoms with Crippen LogP contribution in [0, 0.1) is 17.8 Å². The molecule has 0 radical (unpaired) electrons. The number of hydrogen-bond acceptors (Lipinski definition) is 5. The fraction of sp³-hybridized carbons (Fsp3) is 0.462. The minimum atomic E-state index is -0.381. The smallest absolute Gasteiger partial charge is 0.337 e. The molecule has 4 fully saturated rings. The molecule has 1 aromatic heterocycles. The summed E-state index contributed by atoms with van der Waals surface area (Å²) in [6.07, 6.45) is 8.05. The Morgan fingerprint density at radius 1 is 1.00 bits per heavy atom. The largest absolute Gasteiger partial charge is 0.496 e. The Morgan fingerprint density at radius 2 is 1.71 bits per heavy atom. The van der Waals surface area contributed by atoms with E-state index in [-0.39, 0.29) is 11.4 Å². The molecular formula is C26H27NO4. The van der Waals surface area contributed by atoms with Crippen molar-refractivity contribution in [3.8, 4) is 17.2 Å². The topological polar surface area (TPSA) is 61.6 Å². The molecule has 0 atom stereocenters. The molecule has 1 heterocycles. The van der Waals surface area contributed by atoms with Crippen molar-refractivity contribution in [2.75, 3.05) is 14.2 Å². The third-order valence-electron chi connectivity index (χ3n) is 7.87. The third-order valence-corrected chi connectivity index (χ3v) is 7.87. The molecule has 160 valence electrons. The number of ether oxygens (including phenoxy) is 2. The van der Waals surface area contributed by atoms with Gasteiger partial charge in [-0.05, 0) is 98.1 Å². The van der Waals surface area contributed by atoms with E-state index in [1.807, 2.05) is 6.07 Å². The number of carbonyl (C=O) groups is 1.